The monoisotopic (exact) mass is 172 g/mol. The summed E-state index contributed by atoms with van der Waals surface area (Å²) in [4.78, 5) is 0. The van der Waals surface area contributed by atoms with Crippen molar-refractivity contribution in [3.63, 3.8) is 0 Å². The van der Waals surface area contributed by atoms with E-state index in [2.05, 4.69) is 13.5 Å². The third-order valence-electron chi connectivity index (χ3n) is 1.31. The summed E-state index contributed by atoms with van der Waals surface area (Å²) in [5, 5.41) is 0.721. The van der Waals surface area contributed by atoms with Crippen molar-refractivity contribution < 1.29 is 4.74 Å². The molecule has 0 spiro atoms. The molecule has 0 radical (unpaired) electrons. The van der Waals surface area contributed by atoms with Crippen LogP contribution in [0.25, 0.3) is 0 Å². The Morgan fingerprint density at radius 2 is 2.36 bits per heavy atom. The number of hydrogen-bond acceptors (Lipinski definition) is 2. The van der Waals surface area contributed by atoms with Gasteiger partial charge in [0.25, 0.3) is 0 Å². The van der Waals surface area contributed by atoms with E-state index in [0.717, 1.165) is 37.3 Å². The lowest BCUT2D eigenvalue weighted by atomic mass is 10.3. The van der Waals surface area contributed by atoms with E-state index in [4.69, 9.17) is 17.0 Å². The second kappa shape index (κ2) is 7.73. The quantitative estimate of drug-likeness (QED) is 0.346. The second-order valence-corrected chi connectivity index (χ2v) is 2.86. The van der Waals surface area contributed by atoms with Crippen LogP contribution in [0.3, 0.4) is 0 Å². The van der Waals surface area contributed by atoms with Crippen molar-refractivity contribution in [3.05, 3.63) is 12.7 Å². The highest BCUT2D eigenvalue weighted by Gasteiger charge is 1.94. The molecule has 64 valence electrons. The average molecular weight is 172 g/mol. The first kappa shape index (κ1) is 10.6. The first-order valence-corrected chi connectivity index (χ1v) is 4.48. The van der Waals surface area contributed by atoms with Gasteiger partial charge in [-0.2, -0.15) is 0 Å². The normalized spacial score (nSPS) is 9.18. The van der Waals surface area contributed by atoms with Crippen molar-refractivity contribution in [3.8, 4) is 0 Å². The van der Waals surface area contributed by atoms with Crippen LogP contribution in [0.2, 0.25) is 0 Å². The Bertz CT molecular complexity index is 121. The first-order valence-electron chi connectivity index (χ1n) is 4.07. The minimum absolute atomic E-state index is 0.721. The molecular formula is C9H16OS. The smallest absolute Gasteiger partial charge is 0.159 e. The summed E-state index contributed by atoms with van der Waals surface area (Å²) in [7, 11) is 0. The molecule has 0 aliphatic carbocycles. The molecule has 0 unspecified atom stereocenters. The molecule has 0 rings (SSSR count). The lowest BCUT2D eigenvalue weighted by Crippen LogP contribution is -2.02. The van der Waals surface area contributed by atoms with Crippen molar-refractivity contribution in [2.45, 2.75) is 32.6 Å². The highest BCUT2D eigenvalue weighted by atomic mass is 32.1. The number of ether oxygens (including phenoxy) is 1. The molecule has 0 saturated carbocycles. The van der Waals surface area contributed by atoms with E-state index in [0.29, 0.717) is 0 Å². The largest absolute Gasteiger partial charge is 0.487 e. The fraction of sp³-hybridized carbons (Fsp3) is 0.667. The molecule has 0 bridgehead atoms. The van der Waals surface area contributed by atoms with Crippen LogP contribution in [0.5, 0.6) is 0 Å². The van der Waals surface area contributed by atoms with Gasteiger partial charge in [-0.15, -0.1) is 6.58 Å². The van der Waals surface area contributed by atoms with Gasteiger partial charge in [0, 0.05) is 6.42 Å². The Hall–Kier alpha value is -0.370. The van der Waals surface area contributed by atoms with Gasteiger partial charge < -0.3 is 4.74 Å². The van der Waals surface area contributed by atoms with Gasteiger partial charge in [-0.25, -0.2) is 0 Å². The van der Waals surface area contributed by atoms with E-state index in [1.54, 1.807) is 0 Å². The summed E-state index contributed by atoms with van der Waals surface area (Å²) < 4.78 is 5.27. The summed E-state index contributed by atoms with van der Waals surface area (Å²) in [6.07, 6.45) is 5.86. The van der Waals surface area contributed by atoms with Gasteiger partial charge >= 0.3 is 0 Å². The SMILES string of the molecule is C=CCCC(=S)OCCCC. The van der Waals surface area contributed by atoms with Gasteiger partial charge in [0.05, 0.1) is 6.61 Å². The molecule has 0 saturated heterocycles. The number of allylic oxidation sites excluding steroid dienone is 1. The number of rotatable bonds is 6. The Labute approximate surface area is 74.4 Å². The maximum Gasteiger partial charge on any atom is 0.159 e. The van der Waals surface area contributed by atoms with Crippen molar-refractivity contribution >= 4 is 17.3 Å². The van der Waals surface area contributed by atoms with Gasteiger partial charge in [-0.1, -0.05) is 19.4 Å². The molecule has 0 aromatic carbocycles. The van der Waals surface area contributed by atoms with Gasteiger partial charge in [-0.3, -0.25) is 0 Å². The predicted molar refractivity (Wildman–Crippen MR) is 52.9 cm³/mol. The van der Waals surface area contributed by atoms with Crippen LogP contribution in [0.4, 0.5) is 0 Å². The Balaban J connectivity index is 3.15. The van der Waals surface area contributed by atoms with E-state index < -0.39 is 0 Å². The third kappa shape index (κ3) is 7.53. The molecule has 0 fully saturated rings. The van der Waals surface area contributed by atoms with Crippen molar-refractivity contribution in [1.82, 2.24) is 0 Å². The number of unbranched alkanes of at least 4 members (excludes halogenated alkanes) is 1. The molecule has 0 aromatic rings. The zero-order valence-corrected chi connectivity index (χ0v) is 7.95. The van der Waals surface area contributed by atoms with Crippen LogP contribution in [0.1, 0.15) is 32.6 Å². The summed E-state index contributed by atoms with van der Waals surface area (Å²) in [5.74, 6) is 0. The number of hydrogen-bond donors (Lipinski definition) is 0. The molecule has 0 aromatic heterocycles. The summed E-state index contributed by atoms with van der Waals surface area (Å²) in [6.45, 7) is 6.52. The van der Waals surface area contributed by atoms with E-state index in [-0.39, 0.29) is 0 Å². The highest BCUT2D eigenvalue weighted by molar-refractivity contribution is 7.80. The maximum absolute atomic E-state index is 5.27. The van der Waals surface area contributed by atoms with Crippen LogP contribution < -0.4 is 0 Å². The predicted octanol–water partition coefficient (Wildman–Crippen LogP) is 3.10. The van der Waals surface area contributed by atoms with Gasteiger partial charge in [-0.05, 0) is 25.1 Å². The average Bonchev–Trinajstić information content (AvgIpc) is 2.01. The first-order chi connectivity index (χ1) is 5.31. The highest BCUT2D eigenvalue weighted by Crippen LogP contribution is 1.97. The van der Waals surface area contributed by atoms with E-state index >= 15 is 0 Å². The molecule has 0 atom stereocenters. The third-order valence-corrected chi connectivity index (χ3v) is 1.64. The van der Waals surface area contributed by atoms with Crippen molar-refractivity contribution in [1.29, 1.82) is 0 Å². The number of thiocarbonyl (C=S) groups is 1. The fourth-order valence-electron chi connectivity index (χ4n) is 0.622. The molecule has 1 nitrogen and oxygen atoms in total. The maximum atomic E-state index is 5.27. The lowest BCUT2D eigenvalue weighted by molar-refractivity contribution is 0.297. The molecule has 0 heterocycles. The fourth-order valence-corrected chi connectivity index (χ4v) is 0.824. The molecule has 0 aliphatic heterocycles. The van der Waals surface area contributed by atoms with Gasteiger partial charge in [0.15, 0.2) is 5.05 Å². The standard InChI is InChI=1S/C9H16OS/c1-3-5-7-9(11)10-8-6-4-2/h3H,1,4-8H2,2H3. The molecular weight excluding hydrogens is 156 g/mol. The topological polar surface area (TPSA) is 9.23 Å². The molecule has 0 aliphatic rings. The summed E-state index contributed by atoms with van der Waals surface area (Å²) in [5.41, 5.74) is 0. The minimum atomic E-state index is 0.721. The van der Waals surface area contributed by atoms with Crippen LogP contribution in [0.15, 0.2) is 12.7 Å². The van der Waals surface area contributed by atoms with E-state index in [9.17, 15) is 0 Å². The summed E-state index contributed by atoms with van der Waals surface area (Å²) >= 11 is 4.96. The van der Waals surface area contributed by atoms with E-state index in [1.165, 1.54) is 0 Å². The molecule has 2 heteroatoms. The zero-order chi connectivity index (χ0) is 8.53. The zero-order valence-electron chi connectivity index (χ0n) is 7.14. The van der Waals surface area contributed by atoms with Crippen LogP contribution >= 0.6 is 12.2 Å². The molecule has 0 amide bonds. The Kier molecular flexibility index (Phi) is 7.47. The van der Waals surface area contributed by atoms with Crippen LogP contribution in [-0.4, -0.2) is 11.7 Å². The molecule has 11 heavy (non-hydrogen) atoms. The Morgan fingerprint density at radius 3 is 2.91 bits per heavy atom. The van der Waals surface area contributed by atoms with Crippen LogP contribution in [-0.2, 0) is 4.74 Å². The Morgan fingerprint density at radius 1 is 1.64 bits per heavy atom. The minimum Gasteiger partial charge on any atom is -0.487 e. The van der Waals surface area contributed by atoms with Gasteiger partial charge in [0.2, 0.25) is 0 Å². The molecule has 0 N–H and O–H groups in total. The summed E-state index contributed by atoms with van der Waals surface area (Å²) in [6, 6.07) is 0. The second-order valence-electron chi connectivity index (χ2n) is 2.40. The van der Waals surface area contributed by atoms with E-state index in [1.807, 2.05) is 6.08 Å². The van der Waals surface area contributed by atoms with Crippen LogP contribution in [0, 0.1) is 0 Å². The van der Waals surface area contributed by atoms with Gasteiger partial charge in [0.1, 0.15) is 0 Å². The lowest BCUT2D eigenvalue weighted by Gasteiger charge is -2.04. The van der Waals surface area contributed by atoms with Crippen molar-refractivity contribution in [2.75, 3.05) is 6.61 Å². The van der Waals surface area contributed by atoms with Crippen molar-refractivity contribution in [2.24, 2.45) is 0 Å².